The Morgan fingerprint density at radius 3 is 1.65 bits per heavy atom. The minimum atomic E-state index is -0.797. The minimum absolute atomic E-state index is 0.176. The lowest BCUT2D eigenvalue weighted by molar-refractivity contribution is -0.125. The Labute approximate surface area is 331 Å². The molecule has 4 aromatic carbocycles. The third-order valence-electron chi connectivity index (χ3n) is 9.89. The van der Waals surface area contributed by atoms with Crippen LogP contribution >= 0.6 is 11.3 Å². The fourth-order valence-electron chi connectivity index (χ4n) is 6.88. The maximum absolute atomic E-state index is 14.2. The molecule has 0 saturated heterocycles. The number of aromatic nitrogens is 1. The van der Waals surface area contributed by atoms with E-state index in [0.717, 1.165) is 33.0 Å². The molecule has 8 nitrogen and oxygen atoms in total. The van der Waals surface area contributed by atoms with Gasteiger partial charge in [-0.15, -0.1) is 11.3 Å². The third kappa shape index (κ3) is 12.9. The number of amides is 3. The number of hydrogen-bond donors (Lipinski definition) is 3. The predicted molar refractivity (Wildman–Crippen MR) is 224 cm³/mol. The molecule has 0 saturated carbocycles. The minimum Gasteiger partial charge on any atom is -0.391 e. The molecule has 1 heterocycles. The summed E-state index contributed by atoms with van der Waals surface area (Å²) in [7, 11) is 1.72. The van der Waals surface area contributed by atoms with Crippen molar-refractivity contribution in [3.05, 3.63) is 160 Å². The Morgan fingerprint density at radius 1 is 0.691 bits per heavy atom. The van der Waals surface area contributed by atoms with Crippen LogP contribution in [0.2, 0.25) is 0 Å². The standard InChI is InChI=1S/C46H57N5O3S/c1-33(2)43(49-46(54)50(5)31-40-32-55-45(48-40)34(3)4)44(53)47-39(26-35-18-10-6-11-19-35)28-42(52)41(27-36-20-12-7-13-21-36)51(29-37-22-14-8-15-23-37)30-38-24-16-9-17-25-38/h6-25,32-34,39,41-43,52H,26-31H2,1-5H3,(H,47,53)(H,49,54)/t39-,41-,42-,43-/m0/s1. The van der Waals surface area contributed by atoms with E-state index in [1.165, 1.54) is 0 Å². The second kappa shape index (κ2) is 20.7. The van der Waals surface area contributed by atoms with Gasteiger partial charge in [0.1, 0.15) is 6.04 Å². The highest BCUT2D eigenvalue weighted by Gasteiger charge is 2.32. The van der Waals surface area contributed by atoms with Gasteiger partial charge in [-0.05, 0) is 47.4 Å². The molecule has 0 unspecified atom stereocenters. The van der Waals surface area contributed by atoms with Gasteiger partial charge in [-0.25, -0.2) is 9.78 Å². The quantitative estimate of drug-likeness (QED) is 0.0789. The van der Waals surface area contributed by atoms with Crippen LogP contribution in [0.15, 0.2) is 127 Å². The van der Waals surface area contributed by atoms with Gasteiger partial charge in [0.25, 0.3) is 0 Å². The van der Waals surface area contributed by atoms with Crippen molar-refractivity contribution in [3.63, 3.8) is 0 Å². The maximum atomic E-state index is 14.2. The fourth-order valence-corrected chi connectivity index (χ4v) is 7.70. The predicted octanol–water partition coefficient (Wildman–Crippen LogP) is 8.22. The van der Waals surface area contributed by atoms with Crippen molar-refractivity contribution in [1.82, 2.24) is 25.4 Å². The number of carbonyl (C=O) groups excluding carboxylic acids is 2. The molecule has 4 atom stereocenters. The van der Waals surface area contributed by atoms with Gasteiger partial charge < -0.3 is 20.6 Å². The number of hydrogen-bond acceptors (Lipinski definition) is 6. The second-order valence-corrected chi connectivity index (χ2v) is 16.1. The summed E-state index contributed by atoms with van der Waals surface area (Å²) in [6.45, 7) is 9.70. The van der Waals surface area contributed by atoms with E-state index in [1.54, 1.807) is 23.3 Å². The van der Waals surface area contributed by atoms with Crippen LogP contribution in [0.25, 0.3) is 0 Å². The van der Waals surface area contributed by atoms with Crippen molar-refractivity contribution < 1.29 is 14.7 Å². The zero-order valence-corrected chi connectivity index (χ0v) is 33.7. The molecule has 0 spiro atoms. The summed E-state index contributed by atoms with van der Waals surface area (Å²) in [6, 6.07) is 39.3. The van der Waals surface area contributed by atoms with Gasteiger partial charge in [0.05, 0.1) is 23.4 Å². The van der Waals surface area contributed by atoms with Crippen molar-refractivity contribution in [3.8, 4) is 0 Å². The van der Waals surface area contributed by atoms with Gasteiger partial charge in [0, 0.05) is 43.5 Å². The molecule has 0 aliphatic heterocycles. The molecule has 0 fully saturated rings. The number of nitrogens with one attached hydrogen (secondary N) is 2. The molecular formula is C46H57N5O3S. The van der Waals surface area contributed by atoms with Crippen LogP contribution in [0.5, 0.6) is 0 Å². The molecule has 5 aromatic rings. The first kappa shape index (κ1) is 41.3. The van der Waals surface area contributed by atoms with Crippen LogP contribution in [0, 0.1) is 5.92 Å². The molecule has 0 aliphatic rings. The number of thiazole rings is 1. The van der Waals surface area contributed by atoms with Gasteiger partial charge in [-0.2, -0.15) is 0 Å². The highest BCUT2D eigenvalue weighted by Crippen LogP contribution is 2.24. The number of aliphatic hydroxyl groups is 1. The maximum Gasteiger partial charge on any atom is 0.318 e. The van der Waals surface area contributed by atoms with E-state index in [2.05, 4.69) is 70.8 Å². The van der Waals surface area contributed by atoms with E-state index < -0.39 is 18.2 Å². The van der Waals surface area contributed by atoms with E-state index >= 15 is 0 Å². The van der Waals surface area contributed by atoms with Gasteiger partial charge in [-0.1, -0.05) is 149 Å². The molecule has 3 amide bonds. The number of rotatable bonds is 19. The molecule has 5 rings (SSSR count). The number of nitrogens with zero attached hydrogens (tertiary/aromatic N) is 3. The Balaban J connectivity index is 1.38. The Hall–Kier alpha value is -4.83. The molecule has 3 N–H and O–H groups in total. The van der Waals surface area contributed by atoms with Gasteiger partial charge >= 0.3 is 6.03 Å². The molecular weight excluding hydrogens is 703 g/mol. The van der Waals surface area contributed by atoms with Crippen LogP contribution < -0.4 is 10.6 Å². The summed E-state index contributed by atoms with van der Waals surface area (Å²) in [4.78, 5) is 36.3. The molecule has 290 valence electrons. The van der Waals surface area contributed by atoms with E-state index in [0.29, 0.717) is 44.8 Å². The third-order valence-corrected chi connectivity index (χ3v) is 11.1. The van der Waals surface area contributed by atoms with E-state index in [4.69, 9.17) is 0 Å². The van der Waals surface area contributed by atoms with Crippen molar-refractivity contribution in [2.24, 2.45) is 5.92 Å². The molecule has 0 bridgehead atoms. The first-order valence-corrected chi connectivity index (χ1v) is 20.3. The molecule has 0 aliphatic carbocycles. The van der Waals surface area contributed by atoms with E-state index in [-0.39, 0.29) is 23.9 Å². The number of carbonyl (C=O) groups is 2. The molecule has 55 heavy (non-hydrogen) atoms. The van der Waals surface area contributed by atoms with Gasteiger partial charge in [0.15, 0.2) is 0 Å². The normalized spacial score (nSPS) is 13.7. The SMILES string of the molecule is CC(C)c1nc(CN(C)C(=O)N[C@H](C(=O)N[C@@H](Cc2ccccc2)C[C@H](O)[C@H](Cc2ccccc2)N(Cc2ccccc2)Cc2ccccc2)C(C)C)cs1. The second-order valence-electron chi connectivity index (χ2n) is 15.2. The number of urea groups is 1. The summed E-state index contributed by atoms with van der Waals surface area (Å²) in [6.07, 6.45) is 0.676. The lowest BCUT2D eigenvalue weighted by Gasteiger charge is -2.37. The summed E-state index contributed by atoms with van der Waals surface area (Å²) >= 11 is 1.59. The Morgan fingerprint density at radius 2 is 1.18 bits per heavy atom. The van der Waals surface area contributed by atoms with E-state index in [9.17, 15) is 14.7 Å². The first-order chi connectivity index (χ1) is 26.5. The van der Waals surface area contributed by atoms with Crippen LogP contribution in [0.1, 0.15) is 73.0 Å². The van der Waals surface area contributed by atoms with E-state index in [1.807, 2.05) is 104 Å². The highest BCUT2D eigenvalue weighted by atomic mass is 32.1. The smallest absolute Gasteiger partial charge is 0.318 e. The summed E-state index contributed by atoms with van der Waals surface area (Å²) < 4.78 is 0. The van der Waals surface area contributed by atoms with Crippen molar-refractivity contribution in [1.29, 1.82) is 0 Å². The van der Waals surface area contributed by atoms with Crippen LogP contribution in [0.3, 0.4) is 0 Å². The zero-order valence-electron chi connectivity index (χ0n) is 32.8. The molecule has 9 heteroatoms. The summed E-state index contributed by atoms with van der Waals surface area (Å²) in [5.41, 5.74) is 5.33. The first-order valence-electron chi connectivity index (χ1n) is 19.4. The van der Waals surface area contributed by atoms with Crippen LogP contribution in [0.4, 0.5) is 4.79 Å². The Bertz CT molecular complexity index is 1830. The van der Waals surface area contributed by atoms with Crippen molar-refractivity contribution >= 4 is 23.3 Å². The highest BCUT2D eigenvalue weighted by molar-refractivity contribution is 7.09. The zero-order chi connectivity index (χ0) is 39.2. The van der Waals surface area contributed by atoms with Crippen molar-refractivity contribution in [2.45, 2.75) is 96.7 Å². The molecule has 1 aromatic heterocycles. The van der Waals surface area contributed by atoms with Gasteiger partial charge in [0.2, 0.25) is 5.91 Å². The average Bonchev–Trinajstić information content (AvgIpc) is 3.66. The lowest BCUT2D eigenvalue weighted by Crippen LogP contribution is -2.55. The van der Waals surface area contributed by atoms with Crippen LogP contribution in [-0.4, -0.2) is 63.1 Å². The number of aliphatic hydroxyl groups excluding tert-OH is 1. The Kier molecular flexibility index (Phi) is 15.6. The average molecular weight is 760 g/mol. The van der Waals surface area contributed by atoms with Crippen molar-refractivity contribution in [2.75, 3.05) is 7.05 Å². The topological polar surface area (TPSA) is 97.8 Å². The fraction of sp³-hybridized carbons (Fsp3) is 0.370. The van der Waals surface area contributed by atoms with Crippen LogP contribution in [-0.2, 0) is 37.3 Å². The summed E-state index contributed by atoms with van der Waals surface area (Å²) in [5.74, 6) is -0.131. The monoisotopic (exact) mass is 759 g/mol. The molecule has 0 radical (unpaired) electrons. The van der Waals surface area contributed by atoms with Gasteiger partial charge in [-0.3, -0.25) is 9.69 Å². The largest absolute Gasteiger partial charge is 0.391 e. The summed E-state index contributed by atoms with van der Waals surface area (Å²) in [5, 5.41) is 21.7. The lowest BCUT2D eigenvalue weighted by atomic mass is 9.91. The number of benzene rings is 4.